The minimum Gasteiger partial charge on any atom is -0.378 e. The third kappa shape index (κ3) is 2.67. The SMILES string of the molecule is OC(c1ccccc1)c1nc(C2CCNCC2)no1. The van der Waals surface area contributed by atoms with Crippen LogP contribution in [0.4, 0.5) is 0 Å². The monoisotopic (exact) mass is 259 g/mol. The van der Waals surface area contributed by atoms with E-state index >= 15 is 0 Å². The molecule has 0 saturated carbocycles. The van der Waals surface area contributed by atoms with Gasteiger partial charge in [-0.2, -0.15) is 4.98 Å². The van der Waals surface area contributed by atoms with Crippen LogP contribution in [-0.4, -0.2) is 28.3 Å². The lowest BCUT2D eigenvalue weighted by Crippen LogP contribution is -2.27. The fourth-order valence-electron chi connectivity index (χ4n) is 2.38. The lowest BCUT2D eigenvalue weighted by molar-refractivity contribution is 0.170. The molecule has 100 valence electrons. The van der Waals surface area contributed by atoms with Crippen LogP contribution >= 0.6 is 0 Å². The summed E-state index contributed by atoms with van der Waals surface area (Å²) < 4.78 is 5.20. The van der Waals surface area contributed by atoms with Crippen LogP contribution < -0.4 is 5.32 Å². The van der Waals surface area contributed by atoms with Gasteiger partial charge >= 0.3 is 0 Å². The van der Waals surface area contributed by atoms with E-state index in [4.69, 9.17) is 4.52 Å². The van der Waals surface area contributed by atoms with Gasteiger partial charge in [0.25, 0.3) is 5.89 Å². The molecule has 2 heterocycles. The molecule has 0 radical (unpaired) electrons. The molecule has 0 amide bonds. The van der Waals surface area contributed by atoms with Crippen LogP contribution in [0, 0.1) is 0 Å². The molecule has 1 aliphatic heterocycles. The molecule has 1 fully saturated rings. The average molecular weight is 259 g/mol. The lowest BCUT2D eigenvalue weighted by atomic mass is 9.97. The maximum Gasteiger partial charge on any atom is 0.260 e. The maximum atomic E-state index is 10.2. The highest BCUT2D eigenvalue weighted by atomic mass is 16.5. The first-order valence-electron chi connectivity index (χ1n) is 6.62. The van der Waals surface area contributed by atoms with E-state index in [1.54, 1.807) is 0 Å². The Morgan fingerprint density at radius 2 is 1.95 bits per heavy atom. The number of hydrogen-bond acceptors (Lipinski definition) is 5. The number of rotatable bonds is 3. The number of aromatic nitrogens is 2. The van der Waals surface area contributed by atoms with E-state index in [0.717, 1.165) is 31.5 Å². The number of hydrogen-bond donors (Lipinski definition) is 2. The number of aliphatic hydroxyl groups is 1. The van der Waals surface area contributed by atoms with Crippen LogP contribution in [0.2, 0.25) is 0 Å². The molecule has 1 atom stereocenters. The molecule has 2 N–H and O–H groups in total. The van der Waals surface area contributed by atoms with Crippen LogP contribution in [0.15, 0.2) is 34.9 Å². The zero-order chi connectivity index (χ0) is 13.1. The highest BCUT2D eigenvalue weighted by molar-refractivity contribution is 5.21. The van der Waals surface area contributed by atoms with Gasteiger partial charge in [-0.25, -0.2) is 0 Å². The number of nitrogens with zero attached hydrogens (tertiary/aromatic N) is 2. The molecular formula is C14H17N3O2. The Balaban J connectivity index is 1.77. The molecule has 5 heteroatoms. The number of nitrogens with one attached hydrogen (secondary N) is 1. The Kier molecular flexibility index (Phi) is 3.57. The van der Waals surface area contributed by atoms with Gasteiger partial charge in [0, 0.05) is 5.92 Å². The largest absolute Gasteiger partial charge is 0.378 e. The molecule has 0 bridgehead atoms. The van der Waals surface area contributed by atoms with Crippen LogP contribution in [0.5, 0.6) is 0 Å². The van der Waals surface area contributed by atoms with Gasteiger partial charge in [0.05, 0.1) is 0 Å². The van der Waals surface area contributed by atoms with E-state index in [9.17, 15) is 5.11 Å². The van der Waals surface area contributed by atoms with Gasteiger partial charge in [-0.1, -0.05) is 35.5 Å². The van der Waals surface area contributed by atoms with E-state index in [2.05, 4.69) is 15.5 Å². The van der Waals surface area contributed by atoms with E-state index in [1.807, 2.05) is 30.3 Å². The van der Waals surface area contributed by atoms with Crippen LogP contribution in [0.25, 0.3) is 0 Å². The van der Waals surface area contributed by atoms with E-state index in [1.165, 1.54) is 0 Å². The standard InChI is InChI=1S/C14H17N3O2/c18-12(10-4-2-1-3-5-10)14-16-13(17-19-14)11-6-8-15-9-7-11/h1-5,11-12,15,18H,6-9H2. The molecule has 1 unspecified atom stereocenters. The molecule has 1 aromatic carbocycles. The molecule has 1 aromatic heterocycles. The smallest absolute Gasteiger partial charge is 0.260 e. The van der Waals surface area contributed by atoms with E-state index in [0.29, 0.717) is 11.7 Å². The second kappa shape index (κ2) is 5.50. The van der Waals surface area contributed by atoms with Crippen molar-refractivity contribution in [3.63, 3.8) is 0 Å². The average Bonchev–Trinajstić information content (AvgIpc) is 2.98. The fourth-order valence-corrected chi connectivity index (χ4v) is 2.38. The Labute approximate surface area is 111 Å². The maximum absolute atomic E-state index is 10.2. The van der Waals surface area contributed by atoms with Crippen LogP contribution in [-0.2, 0) is 0 Å². The third-order valence-corrected chi connectivity index (χ3v) is 3.51. The Bertz CT molecular complexity index is 520. The Morgan fingerprint density at radius 1 is 1.21 bits per heavy atom. The first-order valence-corrected chi connectivity index (χ1v) is 6.62. The number of piperidine rings is 1. The highest BCUT2D eigenvalue weighted by Crippen LogP contribution is 2.25. The molecule has 2 aromatic rings. The Hall–Kier alpha value is -1.72. The van der Waals surface area contributed by atoms with Crippen molar-refractivity contribution in [1.29, 1.82) is 0 Å². The quantitative estimate of drug-likeness (QED) is 0.876. The van der Waals surface area contributed by atoms with E-state index in [-0.39, 0.29) is 5.89 Å². The summed E-state index contributed by atoms with van der Waals surface area (Å²) in [5.74, 6) is 1.33. The van der Waals surface area contributed by atoms with Gasteiger partial charge in [-0.05, 0) is 31.5 Å². The molecular weight excluding hydrogens is 242 g/mol. The molecule has 1 saturated heterocycles. The zero-order valence-electron chi connectivity index (χ0n) is 10.6. The summed E-state index contributed by atoms with van der Waals surface area (Å²) in [5, 5.41) is 17.5. The lowest BCUT2D eigenvalue weighted by Gasteiger charge is -2.19. The summed E-state index contributed by atoms with van der Waals surface area (Å²) in [6.45, 7) is 1.96. The summed E-state index contributed by atoms with van der Waals surface area (Å²) >= 11 is 0. The van der Waals surface area contributed by atoms with Crippen molar-refractivity contribution in [1.82, 2.24) is 15.5 Å². The summed E-state index contributed by atoms with van der Waals surface area (Å²) in [5.41, 5.74) is 0.767. The van der Waals surface area contributed by atoms with Gasteiger partial charge in [-0.15, -0.1) is 0 Å². The fraction of sp³-hybridized carbons (Fsp3) is 0.429. The molecule has 1 aliphatic rings. The van der Waals surface area contributed by atoms with E-state index < -0.39 is 6.10 Å². The number of benzene rings is 1. The minimum absolute atomic E-state index is 0.278. The molecule has 0 spiro atoms. The third-order valence-electron chi connectivity index (χ3n) is 3.51. The van der Waals surface area contributed by atoms with Gasteiger partial charge in [0.2, 0.25) is 0 Å². The van der Waals surface area contributed by atoms with Crippen molar-refractivity contribution < 1.29 is 9.63 Å². The van der Waals surface area contributed by atoms with Crippen molar-refractivity contribution >= 4 is 0 Å². The predicted octanol–water partition coefficient (Wildman–Crippen LogP) is 1.62. The van der Waals surface area contributed by atoms with Gasteiger partial charge in [0.1, 0.15) is 0 Å². The summed E-state index contributed by atoms with van der Waals surface area (Å²) in [6, 6.07) is 9.36. The van der Waals surface area contributed by atoms with Crippen LogP contribution in [0.1, 0.15) is 42.1 Å². The van der Waals surface area contributed by atoms with Crippen LogP contribution in [0.3, 0.4) is 0 Å². The van der Waals surface area contributed by atoms with Gasteiger partial charge in [0.15, 0.2) is 11.9 Å². The summed E-state index contributed by atoms with van der Waals surface area (Å²) in [4.78, 5) is 4.35. The number of aliphatic hydroxyl groups excluding tert-OH is 1. The molecule has 5 nitrogen and oxygen atoms in total. The van der Waals surface area contributed by atoms with Crippen molar-refractivity contribution in [3.8, 4) is 0 Å². The second-order valence-electron chi connectivity index (χ2n) is 4.83. The van der Waals surface area contributed by atoms with Crippen molar-refractivity contribution in [2.45, 2.75) is 24.9 Å². The zero-order valence-corrected chi connectivity index (χ0v) is 10.6. The second-order valence-corrected chi connectivity index (χ2v) is 4.83. The van der Waals surface area contributed by atoms with Crippen molar-refractivity contribution in [2.75, 3.05) is 13.1 Å². The normalized spacial score (nSPS) is 18.4. The van der Waals surface area contributed by atoms with Gasteiger partial charge < -0.3 is 14.9 Å². The molecule has 19 heavy (non-hydrogen) atoms. The molecule has 0 aliphatic carbocycles. The van der Waals surface area contributed by atoms with Crippen molar-refractivity contribution in [2.24, 2.45) is 0 Å². The Morgan fingerprint density at radius 3 is 2.68 bits per heavy atom. The minimum atomic E-state index is -0.843. The topological polar surface area (TPSA) is 71.2 Å². The summed E-state index contributed by atoms with van der Waals surface area (Å²) in [7, 11) is 0. The highest BCUT2D eigenvalue weighted by Gasteiger charge is 2.23. The first-order chi connectivity index (χ1) is 9.34. The van der Waals surface area contributed by atoms with Gasteiger partial charge in [-0.3, -0.25) is 0 Å². The summed E-state index contributed by atoms with van der Waals surface area (Å²) in [6.07, 6.45) is 1.19. The first kappa shape index (κ1) is 12.3. The molecule has 3 rings (SSSR count). The van der Waals surface area contributed by atoms with Crippen molar-refractivity contribution in [3.05, 3.63) is 47.6 Å². The predicted molar refractivity (Wildman–Crippen MR) is 69.6 cm³/mol.